The highest BCUT2D eigenvalue weighted by Gasteiger charge is 2.33. The fourth-order valence-electron chi connectivity index (χ4n) is 3.26. The van der Waals surface area contributed by atoms with Gasteiger partial charge in [0.15, 0.2) is 0 Å². The summed E-state index contributed by atoms with van der Waals surface area (Å²) < 4.78 is 7.71. The number of ether oxygens (including phenoxy) is 1. The monoisotopic (exact) mass is 327 g/mol. The van der Waals surface area contributed by atoms with Crippen LogP contribution in [0, 0.1) is 0 Å². The van der Waals surface area contributed by atoms with E-state index in [0.717, 1.165) is 11.3 Å². The van der Waals surface area contributed by atoms with Gasteiger partial charge in [0.25, 0.3) is 0 Å². The molecule has 1 aromatic carbocycles. The molecule has 3 rings (SSSR count). The van der Waals surface area contributed by atoms with Crippen molar-refractivity contribution in [3.05, 3.63) is 48.3 Å². The van der Waals surface area contributed by atoms with Crippen molar-refractivity contribution in [3.8, 4) is 5.69 Å². The molecule has 0 radical (unpaired) electrons. The van der Waals surface area contributed by atoms with E-state index in [1.807, 2.05) is 73.1 Å². The molecule has 0 spiro atoms. The number of morpholine rings is 1. The minimum Gasteiger partial charge on any atom is -0.369 e. The number of carbonyl (C=O) groups excluding carboxylic acids is 1. The number of aromatic nitrogens is 2. The third-order valence-electron chi connectivity index (χ3n) is 4.21. The van der Waals surface area contributed by atoms with E-state index >= 15 is 0 Å². The first kappa shape index (κ1) is 16.7. The minimum atomic E-state index is -0.272. The SMILES string of the molecule is C[C@@H]1CN(C(=O)CCc2cnn(-c3ccccc3)c2)CC(C)(C)O1. The Hall–Kier alpha value is -2.14. The van der Waals surface area contributed by atoms with Crippen LogP contribution < -0.4 is 0 Å². The zero-order valence-electron chi connectivity index (χ0n) is 14.6. The summed E-state index contributed by atoms with van der Waals surface area (Å²) in [7, 11) is 0. The zero-order chi connectivity index (χ0) is 17.2. The molecule has 5 nitrogen and oxygen atoms in total. The molecule has 1 aliphatic heterocycles. The highest BCUT2D eigenvalue weighted by atomic mass is 16.5. The maximum Gasteiger partial charge on any atom is 0.223 e. The third kappa shape index (κ3) is 4.03. The summed E-state index contributed by atoms with van der Waals surface area (Å²) in [6.07, 6.45) is 5.13. The van der Waals surface area contributed by atoms with Gasteiger partial charge in [0.1, 0.15) is 0 Å². The second-order valence-corrected chi connectivity index (χ2v) is 7.09. The standard InChI is InChI=1S/C19H25N3O2/c1-15-12-21(14-19(2,3)24-15)18(23)10-9-16-11-20-22(13-16)17-7-5-4-6-8-17/h4-8,11,13,15H,9-10,12,14H2,1-3H3/t15-/m1/s1. The molecule has 1 saturated heterocycles. The molecule has 24 heavy (non-hydrogen) atoms. The first-order valence-corrected chi connectivity index (χ1v) is 8.47. The molecule has 1 amide bonds. The summed E-state index contributed by atoms with van der Waals surface area (Å²) >= 11 is 0. The number of hydrogen-bond donors (Lipinski definition) is 0. The van der Waals surface area contributed by atoms with Crippen molar-refractivity contribution in [3.63, 3.8) is 0 Å². The largest absolute Gasteiger partial charge is 0.369 e. The predicted molar refractivity (Wildman–Crippen MR) is 93.1 cm³/mol. The van der Waals surface area contributed by atoms with E-state index in [9.17, 15) is 4.79 Å². The van der Waals surface area contributed by atoms with E-state index in [1.54, 1.807) is 0 Å². The van der Waals surface area contributed by atoms with E-state index in [1.165, 1.54) is 0 Å². The Morgan fingerprint density at radius 3 is 2.79 bits per heavy atom. The smallest absolute Gasteiger partial charge is 0.223 e. The van der Waals surface area contributed by atoms with Crippen LogP contribution in [-0.2, 0) is 16.0 Å². The molecule has 0 N–H and O–H groups in total. The van der Waals surface area contributed by atoms with Gasteiger partial charge in [-0.3, -0.25) is 4.79 Å². The number of nitrogens with zero attached hydrogens (tertiary/aromatic N) is 3. The molecule has 0 saturated carbocycles. The Morgan fingerprint density at radius 1 is 1.33 bits per heavy atom. The fourth-order valence-corrected chi connectivity index (χ4v) is 3.26. The Morgan fingerprint density at radius 2 is 2.08 bits per heavy atom. The summed E-state index contributed by atoms with van der Waals surface area (Å²) in [4.78, 5) is 14.5. The third-order valence-corrected chi connectivity index (χ3v) is 4.21. The van der Waals surface area contributed by atoms with Crippen LogP contribution >= 0.6 is 0 Å². The lowest BCUT2D eigenvalue weighted by Crippen LogP contribution is -2.53. The molecule has 1 aliphatic rings. The summed E-state index contributed by atoms with van der Waals surface area (Å²) in [5.74, 6) is 0.186. The van der Waals surface area contributed by atoms with Gasteiger partial charge in [-0.1, -0.05) is 18.2 Å². The van der Waals surface area contributed by atoms with Gasteiger partial charge in [0, 0.05) is 25.7 Å². The normalized spacial score (nSPS) is 20.1. The van der Waals surface area contributed by atoms with Crippen LogP contribution in [0.25, 0.3) is 5.69 Å². The maximum absolute atomic E-state index is 12.5. The topological polar surface area (TPSA) is 47.4 Å². The summed E-state index contributed by atoms with van der Waals surface area (Å²) in [5.41, 5.74) is 1.83. The molecule has 1 aromatic heterocycles. The van der Waals surface area contributed by atoms with E-state index in [2.05, 4.69) is 5.10 Å². The maximum atomic E-state index is 12.5. The number of amides is 1. The molecule has 0 unspecified atom stereocenters. The number of benzene rings is 1. The van der Waals surface area contributed by atoms with Gasteiger partial charge in [0.2, 0.25) is 5.91 Å². The first-order valence-electron chi connectivity index (χ1n) is 8.47. The zero-order valence-corrected chi connectivity index (χ0v) is 14.6. The van der Waals surface area contributed by atoms with Crippen LogP contribution in [0.3, 0.4) is 0 Å². The van der Waals surface area contributed by atoms with Gasteiger partial charge in [-0.15, -0.1) is 0 Å². The fraction of sp³-hybridized carbons (Fsp3) is 0.474. The van der Waals surface area contributed by atoms with Crippen LogP contribution in [-0.4, -0.2) is 45.4 Å². The number of hydrogen-bond acceptors (Lipinski definition) is 3. The molecule has 1 atom stereocenters. The minimum absolute atomic E-state index is 0.0820. The van der Waals surface area contributed by atoms with Crippen LogP contribution in [0.15, 0.2) is 42.7 Å². The van der Waals surface area contributed by atoms with Crippen molar-refractivity contribution < 1.29 is 9.53 Å². The van der Waals surface area contributed by atoms with Crippen molar-refractivity contribution in [2.75, 3.05) is 13.1 Å². The first-order chi connectivity index (χ1) is 11.4. The van der Waals surface area contributed by atoms with E-state index in [4.69, 9.17) is 4.74 Å². The molecule has 0 bridgehead atoms. The van der Waals surface area contributed by atoms with Gasteiger partial charge >= 0.3 is 0 Å². The number of para-hydroxylation sites is 1. The lowest BCUT2D eigenvalue weighted by atomic mass is 10.0. The van der Waals surface area contributed by atoms with Crippen molar-refractivity contribution in [1.29, 1.82) is 0 Å². The predicted octanol–water partition coefficient (Wildman–Crippen LogP) is 2.83. The molecule has 1 fully saturated rings. The molecule has 2 heterocycles. The van der Waals surface area contributed by atoms with Gasteiger partial charge in [-0.05, 0) is 44.9 Å². The number of carbonyl (C=O) groups is 1. The number of rotatable bonds is 4. The van der Waals surface area contributed by atoms with E-state index in [0.29, 0.717) is 25.9 Å². The Balaban J connectivity index is 1.58. The average Bonchev–Trinajstić information content (AvgIpc) is 3.00. The highest BCUT2D eigenvalue weighted by molar-refractivity contribution is 5.76. The second kappa shape index (κ2) is 6.77. The van der Waals surface area contributed by atoms with Crippen molar-refractivity contribution in [1.82, 2.24) is 14.7 Å². The average molecular weight is 327 g/mol. The van der Waals surface area contributed by atoms with Crippen molar-refractivity contribution in [2.45, 2.75) is 45.3 Å². The summed E-state index contributed by atoms with van der Waals surface area (Å²) in [5, 5.41) is 4.38. The van der Waals surface area contributed by atoms with Gasteiger partial charge < -0.3 is 9.64 Å². The Kier molecular flexibility index (Phi) is 4.71. The van der Waals surface area contributed by atoms with Crippen molar-refractivity contribution in [2.24, 2.45) is 0 Å². The molecule has 5 heteroatoms. The Bertz CT molecular complexity index is 694. The van der Waals surface area contributed by atoms with Gasteiger partial charge in [0.05, 0.1) is 23.6 Å². The number of aryl methyl sites for hydroxylation is 1. The lowest BCUT2D eigenvalue weighted by Gasteiger charge is -2.41. The van der Waals surface area contributed by atoms with Crippen LogP contribution in [0.2, 0.25) is 0 Å². The highest BCUT2D eigenvalue weighted by Crippen LogP contribution is 2.21. The quantitative estimate of drug-likeness (QED) is 0.867. The molecular weight excluding hydrogens is 302 g/mol. The van der Waals surface area contributed by atoms with Crippen LogP contribution in [0.1, 0.15) is 32.8 Å². The molecular formula is C19H25N3O2. The second-order valence-electron chi connectivity index (χ2n) is 7.09. The molecule has 0 aliphatic carbocycles. The van der Waals surface area contributed by atoms with E-state index in [-0.39, 0.29) is 17.6 Å². The van der Waals surface area contributed by atoms with Gasteiger partial charge in [-0.25, -0.2) is 4.68 Å². The lowest BCUT2D eigenvalue weighted by molar-refractivity contribution is -0.158. The van der Waals surface area contributed by atoms with Gasteiger partial charge in [-0.2, -0.15) is 5.10 Å². The van der Waals surface area contributed by atoms with Crippen LogP contribution in [0.4, 0.5) is 0 Å². The van der Waals surface area contributed by atoms with E-state index < -0.39 is 0 Å². The summed E-state index contributed by atoms with van der Waals surface area (Å²) in [6.45, 7) is 7.41. The summed E-state index contributed by atoms with van der Waals surface area (Å²) in [6, 6.07) is 9.98. The molecule has 128 valence electrons. The van der Waals surface area contributed by atoms with Crippen molar-refractivity contribution >= 4 is 5.91 Å². The molecule has 2 aromatic rings. The van der Waals surface area contributed by atoms with Crippen LogP contribution in [0.5, 0.6) is 0 Å². The Labute approximate surface area is 143 Å².